The summed E-state index contributed by atoms with van der Waals surface area (Å²) in [6, 6.07) is 5.70. The molecule has 0 unspecified atom stereocenters. The largest absolute Gasteiger partial charge is 0.482 e. The molecule has 0 aliphatic carbocycles. The van der Waals surface area contributed by atoms with Gasteiger partial charge in [-0.3, -0.25) is 4.79 Å². The minimum atomic E-state index is -1.06. The van der Waals surface area contributed by atoms with Gasteiger partial charge in [-0.1, -0.05) is 12.1 Å². The smallest absolute Gasteiger partial charge is 0.408 e. The molecule has 1 atom stereocenters. The molecule has 125 valence electrons. The van der Waals surface area contributed by atoms with Gasteiger partial charge in [-0.05, 0) is 38.5 Å². The molecule has 0 bridgehead atoms. The highest BCUT2D eigenvalue weighted by Crippen LogP contribution is 2.13. The Hall–Kier alpha value is -2.57. The number of rotatable bonds is 7. The van der Waals surface area contributed by atoms with Gasteiger partial charge in [0.05, 0.1) is 0 Å². The monoisotopic (exact) mass is 322 g/mol. The van der Waals surface area contributed by atoms with Crippen molar-refractivity contribution in [2.24, 2.45) is 0 Å². The van der Waals surface area contributed by atoms with Gasteiger partial charge in [0.15, 0.2) is 6.61 Å². The van der Waals surface area contributed by atoms with E-state index >= 15 is 0 Å². The fourth-order valence-electron chi connectivity index (χ4n) is 1.67. The minimum absolute atomic E-state index is 0.238. The summed E-state index contributed by atoms with van der Waals surface area (Å²) in [6.07, 6.45) is 1.30. The third kappa shape index (κ3) is 7.85. The third-order valence-corrected chi connectivity index (χ3v) is 2.56. The van der Waals surface area contributed by atoms with Crippen LogP contribution < -0.4 is 10.1 Å². The average molecular weight is 322 g/mol. The van der Waals surface area contributed by atoms with Gasteiger partial charge in [0.2, 0.25) is 6.29 Å². The fourth-order valence-corrected chi connectivity index (χ4v) is 1.67. The molecule has 7 nitrogen and oxygen atoms in total. The van der Waals surface area contributed by atoms with E-state index in [1.807, 2.05) is 0 Å². The van der Waals surface area contributed by atoms with Crippen LogP contribution in [-0.2, 0) is 20.7 Å². The highest BCUT2D eigenvalue weighted by Gasteiger charge is 2.19. The minimum Gasteiger partial charge on any atom is -0.482 e. The van der Waals surface area contributed by atoms with Crippen molar-refractivity contribution < 1.29 is 29.0 Å². The van der Waals surface area contributed by atoms with Crippen molar-refractivity contribution in [3.05, 3.63) is 29.8 Å². The number of carbonyl (C=O) groups excluding carboxylic acids is 2. The Morgan fingerprint density at radius 1 is 1.26 bits per heavy atom. The molecule has 0 heterocycles. The van der Waals surface area contributed by atoms with E-state index in [4.69, 9.17) is 14.6 Å². The van der Waals surface area contributed by atoms with Crippen LogP contribution in [-0.4, -0.2) is 41.7 Å². The van der Waals surface area contributed by atoms with Crippen molar-refractivity contribution in [1.82, 2.24) is 5.32 Å². The number of amides is 1. The number of benzene rings is 1. The first-order valence-corrected chi connectivity index (χ1v) is 7.00. The maximum absolute atomic E-state index is 11.6. The zero-order valence-electron chi connectivity index (χ0n) is 13.3. The zero-order chi connectivity index (χ0) is 17.5. The number of nitrogens with one attached hydrogen (secondary N) is 1. The lowest BCUT2D eigenvalue weighted by atomic mass is 10.1. The van der Waals surface area contributed by atoms with Crippen molar-refractivity contribution in [3.8, 4) is 5.75 Å². The number of carboxylic acid groups (broad SMARTS) is 1. The van der Waals surface area contributed by atoms with E-state index in [2.05, 4.69) is 5.32 Å². The molecule has 0 fully saturated rings. The van der Waals surface area contributed by atoms with E-state index in [1.165, 1.54) is 0 Å². The number of hydrogen-bond acceptors (Lipinski definition) is 5. The van der Waals surface area contributed by atoms with Crippen molar-refractivity contribution in [1.29, 1.82) is 0 Å². The highest BCUT2D eigenvalue weighted by atomic mass is 16.6. The third-order valence-electron chi connectivity index (χ3n) is 2.56. The molecule has 1 radical (unpaired) electrons. The first-order valence-electron chi connectivity index (χ1n) is 7.00. The Balaban J connectivity index is 2.56. The second-order valence-corrected chi connectivity index (χ2v) is 5.85. The maximum atomic E-state index is 11.6. The van der Waals surface area contributed by atoms with E-state index < -0.39 is 30.3 Å². The Labute approximate surface area is 134 Å². The predicted octanol–water partition coefficient (Wildman–Crippen LogP) is 1.70. The van der Waals surface area contributed by atoms with E-state index in [0.29, 0.717) is 5.75 Å². The normalized spacial score (nSPS) is 12.1. The number of carboxylic acids is 1. The van der Waals surface area contributed by atoms with Gasteiger partial charge in [0.1, 0.15) is 17.4 Å². The molecule has 0 aromatic heterocycles. The highest BCUT2D eigenvalue weighted by molar-refractivity contribution is 5.74. The van der Waals surface area contributed by atoms with Crippen LogP contribution in [0.3, 0.4) is 0 Å². The molecule has 1 amide bonds. The van der Waals surface area contributed by atoms with Crippen LogP contribution in [0.4, 0.5) is 4.79 Å². The number of carbonyl (C=O) groups is 2. The summed E-state index contributed by atoms with van der Waals surface area (Å²) >= 11 is 0. The van der Waals surface area contributed by atoms with E-state index in [1.54, 1.807) is 51.3 Å². The van der Waals surface area contributed by atoms with Gasteiger partial charge < -0.3 is 19.9 Å². The summed E-state index contributed by atoms with van der Waals surface area (Å²) in [5.74, 6) is -0.658. The Kier molecular flexibility index (Phi) is 6.56. The number of ether oxygens (including phenoxy) is 2. The summed E-state index contributed by atoms with van der Waals surface area (Å²) in [5.41, 5.74) is 0.109. The van der Waals surface area contributed by atoms with Gasteiger partial charge in [-0.25, -0.2) is 9.59 Å². The lowest BCUT2D eigenvalue weighted by Gasteiger charge is -2.21. The Morgan fingerprint density at radius 3 is 2.35 bits per heavy atom. The van der Waals surface area contributed by atoms with Gasteiger partial charge in [0, 0.05) is 6.42 Å². The second kappa shape index (κ2) is 8.17. The summed E-state index contributed by atoms with van der Waals surface area (Å²) in [4.78, 5) is 33.0. The molecule has 0 saturated heterocycles. The molecule has 0 saturated carbocycles. The molecule has 1 aromatic carbocycles. The predicted molar refractivity (Wildman–Crippen MR) is 82.1 cm³/mol. The van der Waals surface area contributed by atoms with Crippen LogP contribution in [0.2, 0.25) is 0 Å². The molecule has 0 aliphatic heterocycles. The molecular formula is C16H20NO6. The number of alkyl carbamates (subject to hydrolysis) is 1. The lowest BCUT2D eigenvalue weighted by molar-refractivity contribution is -0.139. The van der Waals surface area contributed by atoms with Crippen molar-refractivity contribution in [3.63, 3.8) is 0 Å². The van der Waals surface area contributed by atoms with Crippen LogP contribution in [0, 0.1) is 0 Å². The Morgan fingerprint density at radius 2 is 1.87 bits per heavy atom. The standard InChI is InChI=1S/C16H20NO6/c1-16(2,3)23-15(21)17-12(9-18)8-11-4-6-13(7-5-11)22-10-14(19)20/h4-7,12H,8,10H2,1-3H3,(H,17,21)(H,19,20)/t12-/m0/s1. The van der Waals surface area contributed by atoms with Crippen LogP contribution in [0.25, 0.3) is 0 Å². The van der Waals surface area contributed by atoms with Gasteiger partial charge in [0.25, 0.3) is 0 Å². The Bertz CT molecular complexity index is 547. The lowest BCUT2D eigenvalue weighted by Crippen LogP contribution is -2.41. The van der Waals surface area contributed by atoms with Gasteiger partial charge >= 0.3 is 12.1 Å². The van der Waals surface area contributed by atoms with Crippen LogP contribution >= 0.6 is 0 Å². The van der Waals surface area contributed by atoms with Crippen molar-refractivity contribution >= 4 is 18.3 Å². The molecule has 0 spiro atoms. The molecule has 7 heteroatoms. The van der Waals surface area contributed by atoms with Gasteiger partial charge in [-0.15, -0.1) is 0 Å². The van der Waals surface area contributed by atoms with Crippen molar-refractivity contribution in [2.75, 3.05) is 6.61 Å². The summed E-state index contributed by atoms with van der Waals surface area (Å²) in [7, 11) is 0. The van der Waals surface area contributed by atoms with Crippen molar-refractivity contribution in [2.45, 2.75) is 38.8 Å². The first kappa shape index (κ1) is 18.5. The SMILES string of the molecule is CC(C)(C)OC(=O)N[C@H]([C]=O)Cc1ccc(OCC(=O)O)cc1. The zero-order valence-corrected chi connectivity index (χ0v) is 13.3. The van der Waals surface area contributed by atoms with Gasteiger partial charge in [-0.2, -0.15) is 0 Å². The maximum Gasteiger partial charge on any atom is 0.408 e. The molecule has 2 N–H and O–H groups in total. The average Bonchev–Trinajstić information content (AvgIpc) is 2.43. The quantitative estimate of drug-likeness (QED) is 0.792. The molecular weight excluding hydrogens is 302 g/mol. The van der Waals surface area contributed by atoms with E-state index in [9.17, 15) is 14.4 Å². The molecule has 23 heavy (non-hydrogen) atoms. The van der Waals surface area contributed by atoms with Crippen LogP contribution in [0.1, 0.15) is 26.3 Å². The van der Waals surface area contributed by atoms with E-state index in [-0.39, 0.29) is 6.42 Å². The number of aliphatic carboxylic acids is 1. The summed E-state index contributed by atoms with van der Waals surface area (Å²) in [5, 5.41) is 11.0. The molecule has 1 rings (SSSR count). The fraction of sp³-hybridized carbons (Fsp3) is 0.438. The van der Waals surface area contributed by atoms with Crippen LogP contribution in [0.15, 0.2) is 24.3 Å². The summed E-state index contributed by atoms with van der Waals surface area (Å²) < 4.78 is 10.1. The topological polar surface area (TPSA) is 102 Å². The second-order valence-electron chi connectivity index (χ2n) is 5.85. The molecule has 1 aromatic rings. The van der Waals surface area contributed by atoms with Crippen LogP contribution in [0.5, 0.6) is 5.75 Å². The number of hydrogen-bond donors (Lipinski definition) is 2. The first-order chi connectivity index (χ1) is 10.7. The summed E-state index contributed by atoms with van der Waals surface area (Å²) in [6.45, 7) is 4.75. The molecule has 0 aliphatic rings. The van der Waals surface area contributed by atoms with E-state index in [0.717, 1.165) is 5.56 Å².